The molecule has 106 valence electrons. The summed E-state index contributed by atoms with van der Waals surface area (Å²) in [5, 5.41) is 3.57. The van der Waals surface area contributed by atoms with Crippen LogP contribution in [-0.2, 0) is 6.54 Å². The van der Waals surface area contributed by atoms with Crippen LogP contribution >= 0.6 is 27.3 Å². The van der Waals surface area contributed by atoms with Crippen molar-refractivity contribution in [2.24, 2.45) is 0 Å². The molecule has 0 aliphatic heterocycles. The van der Waals surface area contributed by atoms with Crippen molar-refractivity contribution >= 4 is 43.4 Å². The molecule has 3 aromatic rings. The van der Waals surface area contributed by atoms with E-state index in [1.807, 2.05) is 24.3 Å². The highest BCUT2D eigenvalue weighted by atomic mass is 79.9. The predicted molar refractivity (Wildman–Crippen MR) is 84.9 cm³/mol. The van der Waals surface area contributed by atoms with Crippen molar-refractivity contribution in [2.45, 2.75) is 6.54 Å². The number of nitrogens with zero attached hydrogens (tertiary/aromatic N) is 1. The van der Waals surface area contributed by atoms with E-state index in [1.165, 1.54) is 23.5 Å². The van der Waals surface area contributed by atoms with Gasteiger partial charge in [0.25, 0.3) is 5.91 Å². The van der Waals surface area contributed by atoms with E-state index in [0.717, 1.165) is 15.2 Å². The van der Waals surface area contributed by atoms with Crippen LogP contribution in [0.2, 0.25) is 0 Å². The molecule has 3 rings (SSSR count). The lowest BCUT2D eigenvalue weighted by Crippen LogP contribution is -2.23. The van der Waals surface area contributed by atoms with Gasteiger partial charge >= 0.3 is 0 Å². The molecule has 0 aliphatic carbocycles. The maximum atomic E-state index is 13.4. The van der Waals surface area contributed by atoms with E-state index in [1.54, 1.807) is 6.07 Å². The van der Waals surface area contributed by atoms with Gasteiger partial charge < -0.3 is 5.32 Å². The van der Waals surface area contributed by atoms with E-state index in [4.69, 9.17) is 0 Å². The number of thiazole rings is 1. The van der Waals surface area contributed by atoms with E-state index in [0.29, 0.717) is 6.54 Å². The molecule has 0 spiro atoms. The van der Waals surface area contributed by atoms with Crippen LogP contribution in [0.15, 0.2) is 46.9 Å². The Morgan fingerprint density at radius 1 is 1.24 bits per heavy atom. The Morgan fingerprint density at radius 3 is 2.86 bits per heavy atom. The zero-order valence-corrected chi connectivity index (χ0v) is 13.2. The lowest BCUT2D eigenvalue weighted by atomic mass is 10.2. The third-order valence-corrected chi connectivity index (χ3v) is 4.78. The highest BCUT2D eigenvalue weighted by Gasteiger charge is 2.13. The zero-order valence-electron chi connectivity index (χ0n) is 10.8. The minimum atomic E-state index is -0.456. The summed E-state index contributed by atoms with van der Waals surface area (Å²) >= 11 is 4.62. The second-order valence-electron chi connectivity index (χ2n) is 4.36. The van der Waals surface area contributed by atoms with E-state index in [-0.39, 0.29) is 15.9 Å². The first-order valence-electron chi connectivity index (χ1n) is 6.22. The second kappa shape index (κ2) is 5.91. The summed E-state index contributed by atoms with van der Waals surface area (Å²) in [6.45, 7) is 0.321. The van der Waals surface area contributed by atoms with Gasteiger partial charge in [0, 0.05) is 0 Å². The van der Waals surface area contributed by atoms with Crippen LogP contribution in [0.4, 0.5) is 4.39 Å². The Labute approximate surface area is 133 Å². The zero-order chi connectivity index (χ0) is 14.8. The highest BCUT2D eigenvalue weighted by molar-refractivity contribution is 9.10. The molecular formula is C15H10BrFN2OS. The fraction of sp³-hybridized carbons (Fsp3) is 0.0667. The van der Waals surface area contributed by atoms with Gasteiger partial charge in [0.05, 0.1) is 26.8 Å². The number of aromatic nitrogens is 1. The van der Waals surface area contributed by atoms with Crippen LogP contribution in [0.5, 0.6) is 0 Å². The average Bonchev–Trinajstić information content (AvgIpc) is 2.90. The lowest BCUT2D eigenvalue weighted by molar-refractivity contribution is 0.0949. The van der Waals surface area contributed by atoms with Gasteiger partial charge in [0.2, 0.25) is 0 Å². The molecule has 0 fully saturated rings. The van der Waals surface area contributed by atoms with Gasteiger partial charge in [-0.1, -0.05) is 18.2 Å². The number of carbonyl (C=O) groups excluding carboxylic acids is 1. The molecule has 21 heavy (non-hydrogen) atoms. The van der Waals surface area contributed by atoms with Crippen molar-refractivity contribution in [2.75, 3.05) is 0 Å². The summed E-state index contributed by atoms with van der Waals surface area (Å²) in [4.78, 5) is 16.5. The Morgan fingerprint density at radius 2 is 2.05 bits per heavy atom. The predicted octanol–water partition coefficient (Wildman–Crippen LogP) is 4.13. The van der Waals surface area contributed by atoms with Gasteiger partial charge in [-0.25, -0.2) is 9.37 Å². The Balaban J connectivity index is 1.75. The normalized spacial score (nSPS) is 10.8. The van der Waals surface area contributed by atoms with Gasteiger partial charge in [-0.15, -0.1) is 11.3 Å². The number of benzene rings is 2. The van der Waals surface area contributed by atoms with E-state index < -0.39 is 5.82 Å². The van der Waals surface area contributed by atoms with Crippen molar-refractivity contribution in [1.82, 2.24) is 10.3 Å². The van der Waals surface area contributed by atoms with Crippen molar-refractivity contribution in [3.05, 3.63) is 63.3 Å². The van der Waals surface area contributed by atoms with Crippen LogP contribution in [-0.4, -0.2) is 10.9 Å². The minimum Gasteiger partial charge on any atom is -0.345 e. The topological polar surface area (TPSA) is 42.0 Å². The van der Waals surface area contributed by atoms with E-state index >= 15 is 0 Å². The summed E-state index contributed by atoms with van der Waals surface area (Å²) in [6, 6.07) is 12.2. The number of hydrogen-bond acceptors (Lipinski definition) is 3. The molecule has 0 bridgehead atoms. The third-order valence-electron chi connectivity index (χ3n) is 2.93. The largest absolute Gasteiger partial charge is 0.345 e. The molecule has 3 nitrogen and oxygen atoms in total. The molecule has 0 unspecified atom stereocenters. The van der Waals surface area contributed by atoms with E-state index in [9.17, 15) is 9.18 Å². The smallest absolute Gasteiger partial charge is 0.252 e. The number of halogens is 2. The second-order valence-corrected chi connectivity index (χ2v) is 6.27. The molecule has 0 saturated heterocycles. The van der Waals surface area contributed by atoms with Crippen LogP contribution in [0.1, 0.15) is 15.4 Å². The quantitative estimate of drug-likeness (QED) is 0.759. The van der Waals surface area contributed by atoms with Gasteiger partial charge in [0.1, 0.15) is 10.8 Å². The first-order valence-corrected chi connectivity index (χ1v) is 7.83. The number of rotatable bonds is 3. The van der Waals surface area contributed by atoms with Crippen LogP contribution < -0.4 is 5.32 Å². The number of hydrogen-bond donors (Lipinski definition) is 1. The van der Waals surface area contributed by atoms with Gasteiger partial charge in [-0.3, -0.25) is 4.79 Å². The molecule has 0 saturated carbocycles. The summed E-state index contributed by atoms with van der Waals surface area (Å²) < 4.78 is 14.7. The van der Waals surface area contributed by atoms with Gasteiger partial charge in [-0.05, 0) is 40.2 Å². The Bertz CT molecular complexity index is 785. The van der Waals surface area contributed by atoms with Crippen molar-refractivity contribution in [3.63, 3.8) is 0 Å². The maximum absolute atomic E-state index is 13.4. The molecule has 2 aromatic carbocycles. The monoisotopic (exact) mass is 364 g/mol. The summed E-state index contributed by atoms with van der Waals surface area (Å²) in [6.07, 6.45) is 0. The SMILES string of the molecule is O=C(NCc1nc2ccccc2s1)c1cccc(F)c1Br. The summed E-state index contributed by atoms with van der Waals surface area (Å²) in [5.74, 6) is -0.789. The van der Waals surface area contributed by atoms with Crippen LogP contribution in [0.25, 0.3) is 10.2 Å². The Hall–Kier alpha value is -1.79. The Kier molecular flexibility index (Phi) is 3.98. The van der Waals surface area contributed by atoms with Gasteiger partial charge in [-0.2, -0.15) is 0 Å². The molecule has 1 aromatic heterocycles. The molecule has 0 radical (unpaired) electrons. The fourth-order valence-corrected chi connectivity index (χ4v) is 3.28. The molecule has 0 atom stereocenters. The number of amides is 1. The molecule has 0 aliphatic rings. The fourth-order valence-electron chi connectivity index (χ4n) is 1.93. The first-order chi connectivity index (χ1) is 10.1. The van der Waals surface area contributed by atoms with Crippen molar-refractivity contribution in [3.8, 4) is 0 Å². The average molecular weight is 365 g/mol. The molecule has 6 heteroatoms. The van der Waals surface area contributed by atoms with Gasteiger partial charge in [0.15, 0.2) is 0 Å². The molecule has 1 amide bonds. The molecule has 1 heterocycles. The van der Waals surface area contributed by atoms with Crippen LogP contribution in [0, 0.1) is 5.82 Å². The first kappa shape index (κ1) is 14.2. The van der Waals surface area contributed by atoms with Crippen LogP contribution in [0.3, 0.4) is 0 Å². The highest BCUT2D eigenvalue weighted by Crippen LogP contribution is 2.22. The third kappa shape index (κ3) is 2.96. The number of fused-ring (bicyclic) bond motifs is 1. The number of carbonyl (C=O) groups is 1. The van der Waals surface area contributed by atoms with Crippen molar-refractivity contribution < 1.29 is 9.18 Å². The van der Waals surface area contributed by atoms with E-state index in [2.05, 4.69) is 26.2 Å². The molecule has 1 N–H and O–H groups in total. The number of nitrogens with one attached hydrogen (secondary N) is 1. The van der Waals surface area contributed by atoms with Crippen molar-refractivity contribution in [1.29, 1.82) is 0 Å². The lowest BCUT2D eigenvalue weighted by Gasteiger charge is -2.05. The minimum absolute atomic E-state index is 0.173. The standard InChI is InChI=1S/C15H10BrFN2OS/c16-14-9(4-3-5-10(14)17)15(20)18-8-13-19-11-6-1-2-7-12(11)21-13/h1-7H,8H2,(H,18,20). The maximum Gasteiger partial charge on any atom is 0.252 e. The molecular weight excluding hydrogens is 355 g/mol. The summed E-state index contributed by atoms with van der Waals surface area (Å²) in [7, 11) is 0. The summed E-state index contributed by atoms with van der Waals surface area (Å²) in [5.41, 5.74) is 1.19. The number of para-hydroxylation sites is 1.